The number of nitrogens with zero attached hydrogens (tertiary/aromatic N) is 2. The molecule has 1 N–H and O–H groups in total. The first-order valence-corrected chi connectivity index (χ1v) is 7.93. The summed E-state index contributed by atoms with van der Waals surface area (Å²) < 4.78 is 7.54. The van der Waals surface area contributed by atoms with Crippen molar-refractivity contribution in [2.45, 2.75) is 16.5 Å². The van der Waals surface area contributed by atoms with Gasteiger partial charge in [0.05, 0.1) is 17.7 Å². The van der Waals surface area contributed by atoms with Crippen LogP contribution in [0.4, 0.5) is 0 Å². The number of aromatic nitrogens is 2. The van der Waals surface area contributed by atoms with Crippen LogP contribution in [0.2, 0.25) is 0 Å². The Bertz CT molecular complexity index is 720. The zero-order valence-electron chi connectivity index (χ0n) is 11.3. The molecule has 0 spiro atoms. The summed E-state index contributed by atoms with van der Waals surface area (Å²) in [6, 6.07) is 8.02. The quantitative estimate of drug-likeness (QED) is 0.785. The third kappa shape index (κ3) is 2.42. The van der Waals surface area contributed by atoms with E-state index in [4.69, 9.17) is 9.72 Å². The van der Waals surface area contributed by atoms with Gasteiger partial charge >= 0.3 is 0 Å². The fraction of sp³-hybridized carbons (Fsp3) is 0.214. The van der Waals surface area contributed by atoms with E-state index in [9.17, 15) is 0 Å². The Labute approximate surface area is 125 Å². The predicted molar refractivity (Wildman–Crippen MR) is 82.9 cm³/mol. The van der Waals surface area contributed by atoms with E-state index < -0.39 is 0 Å². The Kier molecular flexibility index (Phi) is 3.95. The Morgan fingerprint density at radius 1 is 1.40 bits per heavy atom. The highest BCUT2D eigenvalue weighted by molar-refractivity contribution is 7.99. The minimum absolute atomic E-state index is 0.787. The van der Waals surface area contributed by atoms with Gasteiger partial charge in [-0.3, -0.25) is 4.40 Å². The van der Waals surface area contributed by atoms with Crippen molar-refractivity contribution in [3.8, 4) is 5.75 Å². The highest BCUT2D eigenvalue weighted by Crippen LogP contribution is 2.36. The molecule has 20 heavy (non-hydrogen) atoms. The number of methoxy groups -OCH3 is 1. The fourth-order valence-corrected chi connectivity index (χ4v) is 3.85. The number of benzene rings is 1. The van der Waals surface area contributed by atoms with Gasteiger partial charge in [0.15, 0.2) is 4.96 Å². The van der Waals surface area contributed by atoms with Crippen LogP contribution >= 0.6 is 23.1 Å². The second-order valence-electron chi connectivity index (χ2n) is 4.20. The van der Waals surface area contributed by atoms with Crippen LogP contribution in [-0.4, -0.2) is 23.5 Å². The molecule has 4 nitrogen and oxygen atoms in total. The molecule has 2 aromatic heterocycles. The lowest BCUT2D eigenvalue weighted by atomic mass is 10.3. The van der Waals surface area contributed by atoms with Crippen molar-refractivity contribution in [2.24, 2.45) is 0 Å². The summed E-state index contributed by atoms with van der Waals surface area (Å²) in [5.74, 6) is 0.879. The number of fused-ring (bicyclic) bond motifs is 1. The molecule has 0 aliphatic carbocycles. The SMILES string of the molecule is CNCc1c(Sc2ccccc2OC)nc2sccn12. The van der Waals surface area contributed by atoms with Crippen molar-refractivity contribution in [1.82, 2.24) is 14.7 Å². The zero-order chi connectivity index (χ0) is 13.9. The molecule has 0 aliphatic heterocycles. The van der Waals surface area contributed by atoms with Crippen LogP contribution in [-0.2, 0) is 6.54 Å². The number of hydrogen-bond acceptors (Lipinski definition) is 5. The van der Waals surface area contributed by atoms with E-state index in [0.29, 0.717) is 0 Å². The summed E-state index contributed by atoms with van der Waals surface area (Å²) in [7, 11) is 3.64. The molecule has 0 fully saturated rings. The van der Waals surface area contributed by atoms with Crippen molar-refractivity contribution in [1.29, 1.82) is 0 Å². The van der Waals surface area contributed by atoms with Gasteiger partial charge < -0.3 is 10.1 Å². The van der Waals surface area contributed by atoms with Crippen molar-refractivity contribution in [2.75, 3.05) is 14.2 Å². The van der Waals surface area contributed by atoms with Gasteiger partial charge in [-0.1, -0.05) is 23.9 Å². The van der Waals surface area contributed by atoms with Crippen molar-refractivity contribution in [3.63, 3.8) is 0 Å². The van der Waals surface area contributed by atoms with Gasteiger partial charge in [0, 0.05) is 18.1 Å². The van der Waals surface area contributed by atoms with Gasteiger partial charge in [-0.25, -0.2) is 4.98 Å². The molecule has 0 saturated carbocycles. The lowest BCUT2D eigenvalue weighted by Gasteiger charge is -2.07. The number of nitrogens with one attached hydrogen (secondary N) is 1. The molecule has 104 valence electrons. The Morgan fingerprint density at radius 2 is 2.25 bits per heavy atom. The molecule has 3 aromatic rings. The number of imidazole rings is 1. The normalized spacial score (nSPS) is 11.1. The smallest absolute Gasteiger partial charge is 0.194 e. The lowest BCUT2D eigenvalue weighted by molar-refractivity contribution is 0.405. The van der Waals surface area contributed by atoms with E-state index in [0.717, 1.165) is 27.2 Å². The molecule has 0 unspecified atom stereocenters. The van der Waals surface area contributed by atoms with Gasteiger partial charge in [-0.2, -0.15) is 0 Å². The van der Waals surface area contributed by atoms with Crippen molar-refractivity contribution < 1.29 is 4.74 Å². The average Bonchev–Trinajstić information content (AvgIpc) is 3.03. The first-order chi connectivity index (χ1) is 9.83. The maximum atomic E-state index is 5.40. The number of para-hydroxylation sites is 1. The van der Waals surface area contributed by atoms with Gasteiger partial charge in [-0.15, -0.1) is 11.3 Å². The molecule has 1 aromatic carbocycles. The van der Waals surface area contributed by atoms with Crippen LogP contribution in [0.3, 0.4) is 0 Å². The van der Waals surface area contributed by atoms with E-state index in [2.05, 4.69) is 27.4 Å². The van der Waals surface area contributed by atoms with Crippen LogP contribution in [0, 0.1) is 0 Å². The summed E-state index contributed by atoms with van der Waals surface area (Å²) >= 11 is 3.29. The third-order valence-corrected chi connectivity index (χ3v) is 4.78. The molecule has 0 bridgehead atoms. The summed E-state index contributed by atoms with van der Waals surface area (Å²) in [5.41, 5.74) is 1.18. The van der Waals surface area contributed by atoms with Crippen molar-refractivity contribution in [3.05, 3.63) is 41.5 Å². The Morgan fingerprint density at radius 3 is 3.05 bits per heavy atom. The predicted octanol–water partition coefficient (Wildman–Crippen LogP) is 3.28. The van der Waals surface area contributed by atoms with Gasteiger partial charge in [0.2, 0.25) is 0 Å². The van der Waals surface area contributed by atoms with Crippen LogP contribution in [0.25, 0.3) is 4.96 Å². The molecular formula is C14H15N3OS2. The van der Waals surface area contributed by atoms with Crippen molar-refractivity contribution >= 4 is 28.1 Å². The first-order valence-electron chi connectivity index (χ1n) is 6.23. The summed E-state index contributed by atoms with van der Waals surface area (Å²) in [5, 5.41) is 6.28. The standard InChI is InChI=1S/C14H15N3OS2/c1-15-9-10-13(16-14-17(10)7-8-19-14)20-12-6-4-3-5-11(12)18-2/h3-8,15H,9H2,1-2H3. The number of hydrogen-bond donors (Lipinski definition) is 1. The van der Waals surface area contributed by atoms with Gasteiger partial charge in [-0.05, 0) is 19.2 Å². The summed E-state index contributed by atoms with van der Waals surface area (Å²) in [4.78, 5) is 6.81. The van der Waals surface area contributed by atoms with Gasteiger partial charge in [0.25, 0.3) is 0 Å². The third-order valence-electron chi connectivity index (χ3n) is 2.94. The number of thiazole rings is 1. The number of ether oxygens (including phenoxy) is 1. The largest absolute Gasteiger partial charge is 0.496 e. The molecular weight excluding hydrogens is 290 g/mol. The lowest BCUT2D eigenvalue weighted by Crippen LogP contribution is -2.08. The molecule has 0 aliphatic rings. The van der Waals surface area contributed by atoms with E-state index >= 15 is 0 Å². The molecule has 3 rings (SSSR count). The number of rotatable bonds is 5. The minimum Gasteiger partial charge on any atom is -0.496 e. The molecule has 0 amide bonds. The Hall–Kier alpha value is -1.50. The second kappa shape index (κ2) is 5.87. The zero-order valence-corrected chi connectivity index (χ0v) is 12.9. The van der Waals surface area contributed by atoms with Gasteiger partial charge in [0.1, 0.15) is 10.8 Å². The fourth-order valence-electron chi connectivity index (χ4n) is 2.03. The summed E-state index contributed by atoms with van der Waals surface area (Å²) in [6.07, 6.45) is 2.06. The van der Waals surface area contributed by atoms with E-state index in [1.807, 2.05) is 25.2 Å². The van der Waals surface area contributed by atoms with E-state index in [-0.39, 0.29) is 0 Å². The second-order valence-corrected chi connectivity index (χ2v) is 6.11. The minimum atomic E-state index is 0.787. The summed E-state index contributed by atoms with van der Waals surface area (Å²) in [6.45, 7) is 0.787. The maximum absolute atomic E-state index is 5.40. The van der Waals surface area contributed by atoms with Crippen LogP contribution in [0.5, 0.6) is 5.75 Å². The molecule has 6 heteroatoms. The van der Waals surface area contributed by atoms with E-state index in [1.165, 1.54) is 5.69 Å². The Balaban J connectivity index is 2.01. The maximum Gasteiger partial charge on any atom is 0.194 e. The molecule has 0 radical (unpaired) electrons. The van der Waals surface area contributed by atoms with Crippen LogP contribution < -0.4 is 10.1 Å². The molecule has 0 saturated heterocycles. The highest BCUT2D eigenvalue weighted by Gasteiger charge is 2.15. The molecule has 2 heterocycles. The average molecular weight is 305 g/mol. The van der Waals surface area contributed by atoms with Crippen LogP contribution in [0.1, 0.15) is 5.69 Å². The topological polar surface area (TPSA) is 38.6 Å². The first kappa shape index (κ1) is 13.5. The van der Waals surface area contributed by atoms with Crippen LogP contribution in [0.15, 0.2) is 45.8 Å². The molecule has 0 atom stereocenters. The monoisotopic (exact) mass is 305 g/mol. The highest BCUT2D eigenvalue weighted by atomic mass is 32.2. The van der Waals surface area contributed by atoms with E-state index in [1.54, 1.807) is 30.2 Å².